The average Bonchev–Trinajstić information content (AvgIpc) is 3.21. The van der Waals surface area contributed by atoms with Crippen LogP contribution in [0.4, 0.5) is 5.82 Å². The van der Waals surface area contributed by atoms with Crippen LogP contribution >= 0.6 is 11.8 Å². The third-order valence-corrected chi connectivity index (χ3v) is 5.58. The van der Waals surface area contributed by atoms with Crippen molar-refractivity contribution in [1.29, 1.82) is 0 Å². The summed E-state index contributed by atoms with van der Waals surface area (Å²) >= 11 is 1.55. The monoisotopic (exact) mass is 412 g/mol. The summed E-state index contributed by atoms with van der Waals surface area (Å²) in [5.74, 6) is -0.128. The summed E-state index contributed by atoms with van der Waals surface area (Å²) in [5, 5.41) is 33.4. The Bertz CT molecular complexity index is 850. The van der Waals surface area contributed by atoms with Crippen LogP contribution in [0.5, 0.6) is 0 Å². The van der Waals surface area contributed by atoms with Crippen molar-refractivity contribution >= 4 is 34.7 Å². The number of aromatic nitrogens is 4. The Kier molecular flexibility index (Phi) is 6.05. The van der Waals surface area contributed by atoms with Crippen molar-refractivity contribution in [3.8, 4) is 0 Å². The summed E-state index contributed by atoms with van der Waals surface area (Å²) in [6.07, 6.45) is 0.769. The Balaban J connectivity index is 1.75. The van der Waals surface area contributed by atoms with Crippen LogP contribution in [-0.4, -0.2) is 83.2 Å². The predicted molar refractivity (Wildman–Crippen MR) is 103 cm³/mol. The van der Waals surface area contributed by atoms with Crippen LogP contribution in [0.1, 0.15) is 19.6 Å². The number of thioether (sulfide) groups is 1. The Hall–Kier alpha value is -1.99. The highest BCUT2D eigenvalue weighted by atomic mass is 32.2. The Morgan fingerprint density at radius 1 is 1.39 bits per heavy atom. The first-order valence-corrected chi connectivity index (χ1v) is 10.1. The number of aliphatic carboxylic acids is 1. The molecule has 5 atom stereocenters. The Morgan fingerprint density at radius 3 is 2.82 bits per heavy atom. The number of aliphatic hydroxyl groups is 2. The van der Waals surface area contributed by atoms with E-state index >= 15 is 0 Å². The predicted octanol–water partition coefficient (Wildman–Crippen LogP) is -0.786. The summed E-state index contributed by atoms with van der Waals surface area (Å²) < 4.78 is 7.30. The number of ether oxygens (including phenoxy) is 1. The maximum absolute atomic E-state index is 11.6. The summed E-state index contributed by atoms with van der Waals surface area (Å²) in [6.45, 7) is 1.64. The summed E-state index contributed by atoms with van der Waals surface area (Å²) in [4.78, 5) is 23.8. The number of nitrogen functional groups attached to an aromatic ring is 1. The lowest BCUT2D eigenvalue weighted by Gasteiger charge is -2.28. The maximum atomic E-state index is 11.6. The lowest BCUT2D eigenvalue weighted by atomic mass is 9.98. The van der Waals surface area contributed by atoms with Crippen LogP contribution in [0, 0.1) is 0 Å². The fourth-order valence-corrected chi connectivity index (χ4v) is 3.70. The molecule has 11 nitrogen and oxygen atoms in total. The number of anilines is 1. The molecule has 6 N–H and O–H groups in total. The molecule has 2 aromatic heterocycles. The first-order valence-electron chi connectivity index (χ1n) is 8.70. The van der Waals surface area contributed by atoms with Crippen molar-refractivity contribution in [2.45, 2.75) is 43.4 Å². The molecule has 0 amide bonds. The molecule has 0 bridgehead atoms. The van der Waals surface area contributed by atoms with E-state index in [1.807, 2.05) is 6.26 Å². The summed E-state index contributed by atoms with van der Waals surface area (Å²) in [6, 6.07) is 0. The average molecular weight is 412 g/mol. The van der Waals surface area contributed by atoms with E-state index in [1.54, 1.807) is 18.7 Å². The molecule has 0 unspecified atom stereocenters. The normalized spacial score (nSPS) is 27.1. The largest absolute Gasteiger partial charge is 0.480 e. The molecule has 1 fully saturated rings. The molecule has 0 radical (unpaired) electrons. The van der Waals surface area contributed by atoms with E-state index in [0.717, 1.165) is 0 Å². The minimum Gasteiger partial charge on any atom is -0.480 e. The minimum absolute atomic E-state index is 0.0513. The van der Waals surface area contributed by atoms with Gasteiger partial charge in [0, 0.05) is 6.54 Å². The van der Waals surface area contributed by atoms with Crippen LogP contribution < -0.4 is 11.1 Å². The summed E-state index contributed by atoms with van der Waals surface area (Å²) in [7, 11) is 0. The van der Waals surface area contributed by atoms with Crippen LogP contribution in [0.3, 0.4) is 0 Å². The smallest absolute Gasteiger partial charge is 0.323 e. The van der Waals surface area contributed by atoms with E-state index in [9.17, 15) is 20.1 Å². The molecule has 1 aliphatic rings. The number of fused-ring (bicyclic) bond motifs is 1. The molecule has 0 spiro atoms. The molecule has 0 aliphatic carbocycles. The molecule has 0 saturated carbocycles. The molecule has 3 rings (SSSR count). The molecule has 28 heavy (non-hydrogen) atoms. The third-order valence-electron chi connectivity index (χ3n) is 4.97. The van der Waals surface area contributed by atoms with Gasteiger partial charge in [0.1, 0.15) is 35.7 Å². The van der Waals surface area contributed by atoms with Crippen molar-refractivity contribution in [3.63, 3.8) is 0 Å². The highest BCUT2D eigenvalue weighted by Crippen LogP contribution is 2.32. The fraction of sp³-hybridized carbons (Fsp3) is 0.625. The highest BCUT2D eigenvalue weighted by molar-refractivity contribution is 7.98. The number of carboxylic acids is 1. The molecular weight excluding hydrogens is 388 g/mol. The van der Waals surface area contributed by atoms with Gasteiger partial charge < -0.3 is 25.8 Å². The van der Waals surface area contributed by atoms with E-state index in [2.05, 4.69) is 20.3 Å². The van der Waals surface area contributed by atoms with Crippen molar-refractivity contribution in [1.82, 2.24) is 24.8 Å². The quantitative estimate of drug-likeness (QED) is 0.368. The Morgan fingerprint density at radius 2 is 2.14 bits per heavy atom. The van der Waals surface area contributed by atoms with E-state index in [4.69, 9.17) is 10.5 Å². The molecule has 3 heterocycles. The fourth-order valence-electron chi connectivity index (χ4n) is 3.09. The van der Waals surface area contributed by atoms with Gasteiger partial charge in [-0.2, -0.15) is 11.8 Å². The highest BCUT2D eigenvalue weighted by Gasteiger charge is 2.45. The number of imidazole rings is 1. The van der Waals surface area contributed by atoms with Crippen LogP contribution in [-0.2, 0) is 9.53 Å². The SMILES string of the molecule is CSCC[C@](C)(NC[C@H]1O[C@@H](n2cnc3c(N)ncnc32)[C@H](O)[C@@H]1O)C(=O)O. The second-order valence-corrected chi connectivity index (χ2v) is 7.88. The molecule has 0 aromatic carbocycles. The zero-order chi connectivity index (χ0) is 20.5. The van der Waals surface area contributed by atoms with E-state index in [1.165, 1.54) is 17.2 Å². The number of nitrogens with two attached hydrogens (primary N) is 1. The third kappa shape index (κ3) is 3.78. The van der Waals surface area contributed by atoms with Crippen molar-refractivity contribution in [3.05, 3.63) is 12.7 Å². The van der Waals surface area contributed by atoms with Crippen LogP contribution in [0.25, 0.3) is 11.2 Å². The maximum Gasteiger partial charge on any atom is 0.323 e. The van der Waals surface area contributed by atoms with Gasteiger partial charge in [-0.3, -0.25) is 14.7 Å². The number of aliphatic hydroxyl groups excluding tert-OH is 2. The topological polar surface area (TPSA) is 169 Å². The van der Waals surface area contributed by atoms with Gasteiger partial charge in [-0.25, -0.2) is 15.0 Å². The number of rotatable bonds is 8. The molecule has 2 aromatic rings. The standard InChI is InChI=1S/C16H24N6O5S/c1-16(15(25)26,3-4-28-2)21-5-8-10(23)11(24)14(27-8)22-7-20-9-12(17)18-6-19-13(9)22/h6-8,10-11,14,21,23-24H,3-5H2,1-2H3,(H,25,26)(H2,17,18,19)/t8-,10-,11-,14-,16+/m1/s1. The first kappa shape index (κ1) is 20.7. The number of carboxylic acid groups (broad SMARTS) is 1. The molecular formula is C16H24N6O5S. The second-order valence-electron chi connectivity index (χ2n) is 6.89. The second kappa shape index (κ2) is 8.17. The van der Waals surface area contributed by atoms with Gasteiger partial charge in [0.2, 0.25) is 0 Å². The van der Waals surface area contributed by atoms with Gasteiger partial charge in [-0.15, -0.1) is 0 Å². The van der Waals surface area contributed by atoms with Gasteiger partial charge in [-0.05, 0) is 25.4 Å². The van der Waals surface area contributed by atoms with Crippen molar-refractivity contribution in [2.24, 2.45) is 0 Å². The van der Waals surface area contributed by atoms with Gasteiger partial charge in [-0.1, -0.05) is 0 Å². The minimum atomic E-state index is -1.25. The lowest BCUT2D eigenvalue weighted by molar-refractivity contribution is -0.144. The molecule has 1 aliphatic heterocycles. The number of nitrogens with zero attached hydrogens (tertiary/aromatic N) is 4. The van der Waals surface area contributed by atoms with E-state index < -0.39 is 36.0 Å². The van der Waals surface area contributed by atoms with Crippen LogP contribution in [0.15, 0.2) is 12.7 Å². The lowest BCUT2D eigenvalue weighted by Crippen LogP contribution is -2.53. The molecule has 12 heteroatoms. The molecule has 154 valence electrons. The van der Waals surface area contributed by atoms with Crippen molar-refractivity contribution < 1.29 is 24.9 Å². The number of nitrogens with one attached hydrogen (secondary N) is 1. The summed E-state index contributed by atoms with van der Waals surface area (Å²) in [5.41, 5.74) is 5.34. The zero-order valence-corrected chi connectivity index (χ0v) is 16.3. The zero-order valence-electron chi connectivity index (χ0n) is 15.5. The van der Waals surface area contributed by atoms with Crippen LogP contribution in [0.2, 0.25) is 0 Å². The van der Waals surface area contributed by atoms with Gasteiger partial charge in [0.05, 0.1) is 6.33 Å². The number of hydrogen-bond acceptors (Lipinski definition) is 10. The van der Waals surface area contributed by atoms with Gasteiger partial charge in [0.25, 0.3) is 0 Å². The number of carbonyl (C=O) groups is 1. The Labute approximate surface area is 165 Å². The molecule has 1 saturated heterocycles. The van der Waals surface area contributed by atoms with Crippen molar-refractivity contribution in [2.75, 3.05) is 24.3 Å². The van der Waals surface area contributed by atoms with E-state index in [-0.39, 0.29) is 12.4 Å². The van der Waals surface area contributed by atoms with E-state index in [0.29, 0.717) is 23.3 Å². The number of hydrogen-bond donors (Lipinski definition) is 5. The van der Waals surface area contributed by atoms with Gasteiger partial charge >= 0.3 is 5.97 Å². The van der Waals surface area contributed by atoms with Gasteiger partial charge in [0.15, 0.2) is 17.7 Å². The first-order chi connectivity index (χ1) is 13.3.